The summed E-state index contributed by atoms with van der Waals surface area (Å²) in [4.78, 5) is 4.14. The fourth-order valence-electron chi connectivity index (χ4n) is 2.02. The minimum atomic E-state index is 0.203. The molecule has 0 spiro atoms. The van der Waals surface area contributed by atoms with Gasteiger partial charge in [-0.2, -0.15) is 0 Å². The molecule has 2 rings (SSSR count). The van der Waals surface area contributed by atoms with Gasteiger partial charge in [-0.25, -0.2) is 0 Å². The van der Waals surface area contributed by atoms with Gasteiger partial charge in [0.1, 0.15) is 0 Å². The van der Waals surface area contributed by atoms with Crippen molar-refractivity contribution in [2.75, 3.05) is 0 Å². The highest BCUT2D eigenvalue weighted by Crippen LogP contribution is 2.24. The summed E-state index contributed by atoms with van der Waals surface area (Å²) in [6.45, 7) is 4.25. The van der Waals surface area contributed by atoms with Gasteiger partial charge in [-0.15, -0.1) is 0 Å². The molecular weight excluding hydrogens is 244 g/mol. The highest BCUT2D eigenvalue weighted by atomic mass is 35.5. The Labute approximate surface area is 113 Å². The highest BCUT2D eigenvalue weighted by molar-refractivity contribution is 6.31. The summed E-state index contributed by atoms with van der Waals surface area (Å²) >= 11 is 6.20. The van der Waals surface area contributed by atoms with E-state index >= 15 is 0 Å². The Morgan fingerprint density at radius 2 is 1.83 bits per heavy atom. The third-order valence-corrected chi connectivity index (χ3v) is 3.40. The van der Waals surface area contributed by atoms with E-state index < -0.39 is 0 Å². The lowest BCUT2D eigenvalue weighted by molar-refractivity contribution is 0.494. The fourth-order valence-corrected chi connectivity index (χ4v) is 2.32. The SMILES string of the molecule is CC(NC(C)c1ccccc1Cl)c1cccnc1. The molecule has 0 fully saturated rings. The largest absolute Gasteiger partial charge is 0.304 e. The van der Waals surface area contributed by atoms with Gasteiger partial charge in [0, 0.05) is 29.5 Å². The monoisotopic (exact) mass is 260 g/mol. The zero-order valence-electron chi connectivity index (χ0n) is 10.6. The Morgan fingerprint density at radius 3 is 2.50 bits per heavy atom. The molecule has 0 aliphatic heterocycles. The molecule has 0 saturated heterocycles. The van der Waals surface area contributed by atoms with Gasteiger partial charge in [0.25, 0.3) is 0 Å². The molecule has 2 atom stereocenters. The summed E-state index contributed by atoms with van der Waals surface area (Å²) in [5.74, 6) is 0. The average Bonchev–Trinajstić information content (AvgIpc) is 2.40. The van der Waals surface area contributed by atoms with Crippen LogP contribution >= 0.6 is 11.6 Å². The van der Waals surface area contributed by atoms with Crippen molar-refractivity contribution in [3.05, 3.63) is 64.9 Å². The maximum atomic E-state index is 6.20. The molecule has 18 heavy (non-hydrogen) atoms. The average molecular weight is 261 g/mol. The molecule has 1 aromatic carbocycles. The van der Waals surface area contributed by atoms with Gasteiger partial charge in [0.15, 0.2) is 0 Å². The number of hydrogen-bond acceptors (Lipinski definition) is 2. The summed E-state index contributed by atoms with van der Waals surface area (Å²) in [6.07, 6.45) is 3.67. The molecule has 0 bridgehead atoms. The van der Waals surface area contributed by atoms with Crippen LogP contribution in [0.1, 0.15) is 37.1 Å². The van der Waals surface area contributed by atoms with Crippen LogP contribution in [0.4, 0.5) is 0 Å². The van der Waals surface area contributed by atoms with Crippen molar-refractivity contribution < 1.29 is 0 Å². The Kier molecular flexibility index (Phi) is 4.34. The van der Waals surface area contributed by atoms with Crippen LogP contribution in [0.25, 0.3) is 0 Å². The van der Waals surface area contributed by atoms with Gasteiger partial charge in [0.2, 0.25) is 0 Å². The first-order valence-electron chi connectivity index (χ1n) is 6.09. The zero-order valence-corrected chi connectivity index (χ0v) is 11.4. The molecular formula is C15H17ClN2. The van der Waals surface area contributed by atoms with Crippen molar-refractivity contribution in [2.24, 2.45) is 0 Å². The molecule has 0 aliphatic rings. The van der Waals surface area contributed by atoms with Gasteiger partial charge in [-0.1, -0.05) is 35.9 Å². The molecule has 2 aromatic rings. The molecule has 2 unspecified atom stereocenters. The number of pyridine rings is 1. The van der Waals surface area contributed by atoms with Crippen LogP contribution in [-0.2, 0) is 0 Å². The number of aromatic nitrogens is 1. The predicted molar refractivity (Wildman–Crippen MR) is 75.7 cm³/mol. The van der Waals surface area contributed by atoms with Gasteiger partial charge < -0.3 is 5.32 Å². The Hall–Kier alpha value is -1.38. The van der Waals surface area contributed by atoms with E-state index in [1.165, 1.54) is 5.56 Å². The van der Waals surface area contributed by atoms with E-state index in [1.807, 2.05) is 30.5 Å². The van der Waals surface area contributed by atoms with E-state index in [4.69, 9.17) is 11.6 Å². The lowest BCUT2D eigenvalue weighted by Crippen LogP contribution is -2.22. The Morgan fingerprint density at radius 1 is 1.06 bits per heavy atom. The second-order valence-corrected chi connectivity index (χ2v) is 4.83. The number of nitrogens with one attached hydrogen (secondary N) is 1. The van der Waals surface area contributed by atoms with Crippen molar-refractivity contribution >= 4 is 11.6 Å². The topological polar surface area (TPSA) is 24.9 Å². The maximum absolute atomic E-state index is 6.20. The second-order valence-electron chi connectivity index (χ2n) is 4.42. The van der Waals surface area contributed by atoms with E-state index in [1.54, 1.807) is 6.20 Å². The summed E-state index contributed by atoms with van der Waals surface area (Å²) < 4.78 is 0. The molecule has 0 radical (unpaired) electrons. The molecule has 3 heteroatoms. The number of halogens is 1. The minimum absolute atomic E-state index is 0.203. The normalized spacial score (nSPS) is 14.2. The summed E-state index contributed by atoms with van der Waals surface area (Å²) in [7, 11) is 0. The van der Waals surface area contributed by atoms with Gasteiger partial charge in [0.05, 0.1) is 0 Å². The van der Waals surface area contributed by atoms with E-state index in [9.17, 15) is 0 Å². The van der Waals surface area contributed by atoms with Crippen molar-refractivity contribution in [1.29, 1.82) is 0 Å². The van der Waals surface area contributed by atoms with Crippen molar-refractivity contribution in [3.63, 3.8) is 0 Å². The summed E-state index contributed by atoms with van der Waals surface area (Å²) in [5.41, 5.74) is 2.30. The molecule has 1 heterocycles. The zero-order chi connectivity index (χ0) is 13.0. The molecule has 0 amide bonds. The standard InChI is InChI=1S/C15H17ClN2/c1-11(13-6-5-9-17-10-13)18-12(2)14-7-3-4-8-15(14)16/h3-12,18H,1-2H3. The van der Waals surface area contributed by atoms with Crippen molar-refractivity contribution in [2.45, 2.75) is 25.9 Å². The third kappa shape index (κ3) is 3.09. The summed E-state index contributed by atoms with van der Waals surface area (Å²) in [5, 5.41) is 4.33. The van der Waals surface area contributed by atoms with Crippen LogP contribution in [-0.4, -0.2) is 4.98 Å². The second kappa shape index (κ2) is 5.98. The number of rotatable bonds is 4. The van der Waals surface area contributed by atoms with Crippen LogP contribution in [0.15, 0.2) is 48.8 Å². The quantitative estimate of drug-likeness (QED) is 0.893. The minimum Gasteiger partial charge on any atom is -0.304 e. The molecule has 2 nitrogen and oxygen atoms in total. The van der Waals surface area contributed by atoms with Gasteiger partial charge in [-0.05, 0) is 37.1 Å². The molecule has 1 aromatic heterocycles. The Bertz CT molecular complexity index is 499. The van der Waals surface area contributed by atoms with E-state index in [0.29, 0.717) is 0 Å². The highest BCUT2D eigenvalue weighted by Gasteiger charge is 2.13. The smallest absolute Gasteiger partial charge is 0.0453 e. The van der Waals surface area contributed by atoms with E-state index in [-0.39, 0.29) is 12.1 Å². The maximum Gasteiger partial charge on any atom is 0.0453 e. The van der Waals surface area contributed by atoms with E-state index in [0.717, 1.165) is 10.6 Å². The van der Waals surface area contributed by atoms with Gasteiger partial charge >= 0.3 is 0 Å². The summed E-state index contributed by atoms with van der Waals surface area (Å²) in [6, 6.07) is 12.4. The molecule has 0 aliphatic carbocycles. The van der Waals surface area contributed by atoms with Crippen LogP contribution in [0.2, 0.25) is 5.02 Å². The molecule has 94 valence electrons. The first-order chi connectivity index (χ1) is 8.68. The predicted octanol–water partition coefficient (Wildman–Crippen LogP) is 4.15. The first kappa shape index (κ1) is 13.1. The lowest BCUT2D eigenvalue weighted by Gasteiger charge is -2.21. The van der Waals surface area contributed by atoms with Crippen LogP contribution in [0.3, 0.4) is 0 Å². The van der Waals surface area contributed by atoms with Crippen LogP contribution in [0, 0.1) is 0 Å². The number of nitrogens with zero attached hydrogens (tertiary/aromatic N) is 1. The Balaban J connectivity index is 2.08. The van der Waals surface area contributed by atoms with Gasteiger partial charge in [-0.3, -0.25) is 4.98 Å². The first-order valence-corrected chi connectivity index (χ1v) is 6.46. The molecule has 1 N–H and O–H groups in total. The number of benzene rings is 1. The third-order valence-electron chi connectivity index (χ3n) is 3.06. The van der Waals surface area contributed by atoms with Crippen molar-refractivity contribution in [1.82, 2.24) is 10.3 Å². The van der Waals surface area contributed by atoms with E-state index in [2.05, 4.69) is 36.3 Å². The lowest BCUT2D eigenvalue weighted by atomic mass is 10.1. The van der Waals surface area contributed by atoms with Crippen LogP contribution < -0.4 is 5.32 Å². The fraction of sp³-hybridized carbons (Fsp3) is 0.267. The number of hydrogen-bond donors (Lipinski definition) is 1. The van der Waals surface area contributed by atoms with Crippen molar-refractivity contribution in [3.8, 4) is 0 Å². The molecule has 0 saturated carbocycles. The van der Waals surface area contributed by atoms with Crippen LogP contribution in [0.5, 0.6) is 0 Å².